The number of rotatable bonds is 5. The van der Waals surface area contributed by atoms with Crippen molar-refractivity contribution in [2.75, 3.05) is 13.2 Å². The molecule has 1 aromatic carbocycles. The number of aliphatic hydroxyl groups excluding tert-OH is 1. The lowest BCUT2D eigenvalue weighted by atomic mass is 10.0. The largest absolute Gasteiger partial charge is 0.396 e. The third-order valence-corrected chi connectivity index (χ3v) is 3.67. The van der Waals surface area contributed by atoms with Gasteiger partial charge in [0, 0.05) is 13.2 Å². The molecule has 1 amide bonds. The van der Waals surface area contributed by atoms with E-state index >= 15 is 0 Å². The molecule has 3 nitrogen and oxygen atoms in total. The average Bonchev–Trinajstić information content (AvgIpc) is 3.08. The lowest BCUT2D eigenvalue weighted by Crippen LogP contribution is -2.30. The molecule has 0 unspecified atom stereocenters. The summed E-state index contributed by atoms with van der Waals surface area (Å²) in [6.07, 6.45) is 2.92. The molecule has 1 fully saturated rings. The Morgan fingerprint density at radius 2 is 2.12 bits per heavy atom. The molecule has 4 heteroatoms. The first-order chi connectivity index (χ1) is 8.17. The van der Waals surface area contributed by atoms with Gasteiger partial charge in [0.15, 0.2) is 0 Å². The number of amides is 1. The molecule has 1 aliphatic carbocycles. The van der Waals surface area contributed by atoms with Crippen molar-refractivity contribution in [3.63, 3.8) is 0 Å². The van der Waals surface area contributed by atoms with Crippen molar-refractivity contribution in [3.05, 3.63) is 34.9 Å². The minimum atomic E-state index is -0.139. The molecular weight excluding hydrogens is 238 g/mol. The van der Waals surface area contributed by atoms with Crippen LogP contribution >= 0.6 is 11.6 Å². The first-order valence-electron chi connectivity index (χ1n) is 5.80. The van der Waals surface area contributed by atoms with E-state index in [4.69, 9.17) is 16.7 Å². The average molecular weight is 254 g/mol. The Hall–Kier alpha value is -1.06. The van der Waals surface area contributed by atoms with Crippen molar-refractivity contribution < 1.29 is 9.90 Å². The fourth-order valence-electron chi connectivity index (χ4n) is 1.94. The molecule has 1 aliphatic rings. The molecule has 0 radical (unpaired) electrons. The van der Waals surface area contributed by atoms with Gasteiger partial charge >= 0.3 is 0 Å². The predicted molar refractivity (Wildman–Crippen MR) is 67.2 cm³/mol. The van der Waals surface area contributed by atoms with Crippen LogP contribution in [0.2, 0.25) is 5.02 Å². The number of nitrogens with one attached hydrogen (secondary N) is 1. The number of hydrogen-bond acceptors (Lipinski definition) is 2. The van der Waals surface area contributed by atoms with Crippen molar-refractivity contribution in [2.45, 2.75) is 19.3 Å². The first kappa shape index (κ1) is 12.4. The Morgan fingerprint density at radius 3 is 2.71 bits per heavy atom. The van der Waals surface area contributed by atoms with Crippen LogP contribution in [0.1, 0.15) is 29.6 Å². The highest BCUT2D eigenvalue weighted by Crippen LogP contribution is 2.47. The van der Waals surface area contributed by atoms with Gasteiger partial charge in [-0.3, -0.25) is 4.79 Å². The van der Waals surface area contributed by atoms with Crippen molar-refractivity contribution in [1.29, 1.82) is 0 Å². The summed E-state index contributed by atoms with van der Waals surface area (Å²) in [7, 11) is 0. The highest BCUT2D eigenvalue weighted by Gasteiger charge is 2.41. The van der Waals surface area contributed by atoms with Gasteiger partial charge in [-0.15, -0.1) is 0 Å². The van der Waals surface area contributed by atoms with Crippen LogP contribution in [0.15, 0.2) is 24.3 Å². The zero-order valence-electron chi connectivity index (χ0n) is 9.58. The summed E-state index contributed by atoms with van der Waals surface area (Å²) in [4.78, 5) is 11.9. The summed E-state index contributed by atoms with van der Waals surface area (Å²) in [5, 5.41) is 12.3. The van der Waals surface area contributed by atoms with Crippen LogP contribution in [0.25, 0.3) is 0 Å². The third-order valence-electron chi connectivity index (χ3n) is 3.34. The minimum Gasteiger partial charge on any atom is -0.396 e. The third kappa shape index (κ3) is 2.99. The SMILES string of the molecule is O=C(NCC1(CCO)CC1)c1ccccc1Cl. The zero-order chi connectivity index (χ0) is 12.3. The molecule has 2 rings (SSSR count). The Kier molecular flexibility index (Phi) is 3.69. The van der Waals surface area contributed by atoms with Gasteiger partial charge in [-0.25, -0.2) is 0 Å². The van der Waals surface area contributed by atoms with Crippen LogP contribution in [0, 0.1) is 5.41 Å². The Balaban J connectivity index is 1.92. The molecule has 0 heterocycles. The number of hydrogen-bond donors (Lipinski definition) is 2. The van der Waals surface area contributed by atoms with E-state index in [2.05, 4.69) is 5.32 Å². The Morgan fingerprint density at radius 1 is 1.41 bits per heavy atom. The maximum absolute atomic E-state index is 11.9. The summed E-state index contributed by atoms with van der Waals surface area (Å²) in [5.41, 5.74) is 0.639. The molecule has 92 valence electrons. The summed E-state index contributed by atoms with van der Waals surface area (Å²) in [6.45, 7) is 0.805. The van der Waals surface area contributed by atoms with Crippen LogP contribution in [0.3, 0.4) is 0 Å². The molecular formula is C13H16ClNO2. The van der Waals surface area contributed by atoms with E-state index in [9.17, 15) is 4.79 Å². The number of carbonyl (C=O) groups excluding carboxylic acids is 1. The quantitative estimate of drug-likeness (QED) is 0.846. The monoisotopic (exact) mass is 253 g/mol. The second kappa shape index (κ2) is 5.07. The van der Waals surface area contributed by atoms with Gasteiger partial charge in [0.05, 0.1) is 10.6 Å². The maximum Gasteiger partial charge on any atom is 0.252 e. The van der Waals surface area contributed by atoms with Gasteiger partial charge in [-0.2, -0.15) is 0 Å². The second-order valence-electron chi connectivity index (χ2n) is 4.64. The van der Waals surface area contributed by atoms with Crippen molar-refractivity contribution in [3.8, 4) is 0 Å². The number of aliphatic hydroxyl groups is 1. The van der Waals surface area contributed by atoms with Gasteiger partial charge in [0.2, 0.25) is 0 Å². The molecule has 17 heavy (non-hydrogen) atoms. The fraction of sp³-hybridized carbons (Fsp3) is 0.462. The summed E-state index contributed by atoms with van der Waals surface area (Å²) < 4.78 is 0. The van der Waals surface area contributed by atoms with Gasteiger partial charge in [-0.1, -0.05) is 23.7 Å². The zero-order valence-corrected chi connectivity index (χ0v) is 10.3. The molecule has 0 aromatic heterocycles. The van der Waals surface area contributed by atoms with Crippen LogP contribution in [-0.2, 0) is 0 Å². The number of halogens is 1. The maximum atomic E-state index is 11.9. The van der Waals surface area contributed by atoms with E-state index in [0.717, 1.165) is 19.3 Å². The molecule has 0 saturated heterocycles. The van der Waals surface area contributed by atoms with Gasteiger partial charge < -0.3 is 10.4 Å². The molecule has 1 saturated carbocycles. The summed E-state index contributed by atoms with van der Waals surface area (Å²) in [5.74, 6) is -0.139. The topological polar surface area (TPSA) is 49.3 Å². The van der Waals surface area contributed by atoms with E-state index in [0.29, 0.717) is 17.1 Å². The summed E-state index contributed by atoms with van der Waals surface area (Å²) >= 11 is 5.95. The summed E-state index contributed by atoms with van der Waals surface area (Å²) in [6, 6.07) is 7.01. The van der Waals surface area contributed by atoms with Crippen LogP contribution in [0.5, 0.6) is 0 Å². The van der Waals surface area contributed by atoms with E-state index in [1.807, 2.05) is 0 Å². The van der Waals surface area contributed by atoms with Crippen LogP contribution in [0.4, 0.5) is 0 Å². The minimum absolute atomic E-state index is 0.131. The molecule has 2 N–H and O–H groups in total. The van der Waals surface area contributed by atoms with E-state index in [1.165, 1.54) is 0 Å². The van der Waals surface area contributed by atoms with Crippen molar-refractivity contribution in [1.82, 2.24) is 5.32 Å². The lowest BCUT2D eigenvalue weighted by Gasteiger charge is -2.14. The standard InChI is InChI=1S/C13H16ClNO2/c14-11-4-2-1-3-10(11)12(17)15-9-13(5-6-13)7-8-16/h1-4,16H,5-9H2,(H,15,17). The predicted octanol–water partition coefficient (Wildman–Crippen LogP) is 2.23. The van der Waals surface area contributed by atoms with Crippen molar-refractivity contribution in [2.24, 2.45) is 5.41 Å². The second-order valence-corrected chi connectivity index (χ2v) is 5.04. The Bertz CT molecular complexity index is 416. The molecule has 0 bridgehead atoms. The van der Waals surface area contributed by atoms with Crippen molar-refractivity contribution >= 4 is 17.5 Å². The van der Waals surface area contributed by atoms with E-state index in [1.54, 1.807) is 24.3 Å². The van der Waals surface area contributed by atoms with Crippen LogP contribution in [-0.4, -0.2) is 24.2 Å². The van der Waals surface area contributed by atoms with Crippen LogP contribution < -0.4 is 5.32 Å². The smallest absolute Gasteiger partial charge is 0.252 e. The Labute approximate surface area is 106 Å². The number of benzene rings is 1. The number of carbonyl (C=O) groups is 1. The molecule has 0 spiro atoms. The van der Waals surface area contributed by atoms with E-state index in [-0.39, 0.29) is 17.9 Å². The van der Waals surface area contributed by atoms with Gasteiger partial charge in [0.25, 0.3) is 5.91 Å². The molecule has 0 atom stereocenters. The highest BCUT2D eigenvalue weighted by molar-refractivity contribution is 6.33. The lowest BCUT2D eigenvalue weighted by molar-refractivity contribution is 0.0941. The fourth-order valence-corrected chi connectivity index (χ4v) is 2.16. The normalized spacial score (nSPS) is 16.6. The van der Waals surface area contributed by atoms with Gasteiger partial charge in [-0.05, 0) is 36.8 Å². The molecule has 1 aromatic rings. The highest BCUT2D eigenvalue weighted by atomic mass is 35.5. The van der Waals surface area contributed by atoms with E-state index < -0.39 is 0 Å². The molecule has 0 aliphatic heterocycles. The first-order valence-corrected chi connectivity index (χ1v) is 6.18. The van der Waals surface area contributed by atoms with Gasteiger partial charge in [0.1, 0.15) is 0 Å².